The molecule has 2 bridgehead atoms. The Morgan fingerprint density at radius 1 is 1.16 bits per heavy atom. The van der Waals surface area contributed by atoms with E-state index in [2.05, 4.69) is 5.32 Å². The van der Waals surface area contributed by atoms with Crippen LogP contribution in [0.3, 0.4) is 0 Å². The zero-order valence-electron chi connectivity index (χ0n) is 14.6. The van der Waals surface area contributed by atoms with E-state index in [1.54, 1.807) is 12.1 Å². The highest BCUT2D eigenvalue weighted by Crippen LogP contribution is 2.30. The van der Waals surface area contributed by atoms with Crippen molar-refractivity contribution in [3.05, 3.63) is 29.3 Å². The van der Waals surface area contributed by atoms with E-state index in [4.69, 9.17) is 0 Å². The van der Waals surface area contributed by atoms with Crippen LogP contribution in [-0.2, 0) is 16.4 Å². The molecule has 136 valence electrons. The Balaban J connectivity index is 1.58. The quantitative estimate of drug-likeness (QED) is 0.862. The van der Waals surface area contributed by atoms with Crippen molar-refractivity contribution in [1.29, 1.82) is 0 Å². The number of anilines is 1. The SMILES string of the molecule is CS(=O)(=O)N1CCCc2cc(C(=O)N3CCC4CCC(C3)N4)ccc21. The fourth-order valence-electron chi connectivity index (χ4n) is 4.35. The number of carbonyl (C=O) groups is 1. The van der Waals surface area contributed by atoms with Crippen molar-refractivity contribution in [3.63, 3.8) is 0 Å². The summed E-state index contributed by atoms with van der Waals surface area (Å²) in [5.74, 6) is 0.0635. The van der Waals surface area contributed by atoms with E-state index in [1.807, 2.05) is 11.0 Å². The fraction of sp³-hybridized carbons (Fsp3) is 0.611. The first-order chi connectivity index (χ1) is 11.9. The van der Waals surface area contributed by atoms with E-state index >= 15 is 0 Å². The van der Waals surface area contributed by atoms with E-state index in [0.717, 1.165) is 50.0 Å². The van der Waals surface area contributed by atoms with E-state index < -0.39 is 10.0 Å². The van der Waals surface area contributed by atoms with Gasteiger partial charge in [-0.05, 0) is 55.9 Å². The van der Waals surface area contributed by atoms with Crippen LogP contribution in [0, 0.1) is 0 Å². The second-order valence-corrected chi connectivity index (χ2v) is 9.37. The fourth-order valence-corrected chi connectivity index (χ4v) is 5.35. The van der Waals surface area contributed by atoms with Gasteiger partial charge in [0.1, 0.15) is 0 Å². The lowest BCUT2D eigenvalue weighted by Crippen LogP contribution is -2.39. The maximum Gasteiger partial charge on any atom is 0.253 e. The molecule has 0 radical (unpaired) electrons. The Hall–Kier alpha value is -1.60. The Labute approximate surface area is 149 Å². The highest BCUT2D eigenvalue weighted by molar-refractivity contribution is 7.92. The van der Waals surface area contributed by atoms with Crippen LogP contribution in [0.25, 0.3) is 0 Å². The third kappa shape index (κ3) is 3.27. The van der Waals surface area contributed by atoms with E-state index in [0.29, 0.717) is 24.2 Å². The number of amides is 1. The van der Waals surface area contributed by atoms with Gasteiger partial charge in [-0.1, -0.05) is 0 Å². The average Bonchev–Trinajstić information content (AvgIpc) is 2.91. The lowest BCUT2D eigenvalue weighted by Gasteiger charge is -2.30. The van der Waals surface area contributed by atoms with Gasteiger partial charge in [-0.15, -0.1) is 0 Å². The van der Waals surface area contributed by atoms with Crippen LogP contribution in [0.1, 0.15) is 41.6 Å². The molecule has 1 aromatic carbocycles. The molecule has 25 heavy (non-hydrogen) atoms. The third-order valence-electron chi connectivity index (χ3n) is 5.61. The van der Waals surface area contributed by atoms with Gasteiger partial charge < -0.3 is 10.2 Å². The molecule has 2 atom stereocenters. The number of aryl methyl sites for hydroxylation is 1. The number of fused-ring (bicyclic) bond motifs is 3. The third-order valence-corrected chi connectivity index (χ3v) is 6.79. The molecule has 1 aromatic rings. The molecule has 0 saturated carbocycles. The summed E-state index contributed by atoms with van der Waals surface area (Å²) >= 11 is 0. The molecule has 2 saturated heterocycles. The van der Waals surface area contributed by atoms with Crippen molar-refractivity contribution in [2.24, 2.45) is 0 Å². The molecule has 3 aliphatic rings. The first-order valence-corrected chi connectivity index (χ1v) is 10.9. The molecule has 2 fully saturated rings. The van der Waals surface area contributed by atoms with Crippen molar-refractivity contribution < 1.29 is 13.2 Å². The normalized spacial score (nSPS) is 26.3. The summed E-state index contributed by atoms with van der Waals surface area (Å²) in [5.41, 5.74) is 2.35. The number of hydrogen-bond donors (Lipinski definition) is 1. The molecular weight excluding hydrogens is 338 g/mol. The second-order valence-electron chi connectivity index (χ2n) is 7.46. The molecule has 1 amide bonds. The Kier molecular flexibility index (Phi) is 4.24. The number of sulfonamides is 1. The molecule has 7 heteroatoms. The van der Waals surface area contributed by atoms with Crippen LogP contribution in [0.4, 0.5) is 5.69 Å². The summed E-state index contributed by atoms with van der Waals surface area (Å²) in [7, 11) is -3.27. The Morgan fingerprint density at radius 3 is 2.76 bits per heavy atom. The minimum Gasteiger partial charge on any atom is -0.337 e. The van der Waals surface area contributed by atoms with Crippen molar-refractivity contribution in [2.75, 3.05) is 30.2 Å². The van der Waals surface area contributed by atoms with Crippen LogP contribution >= 0.6 is 0 Å². The topological polar surface area (TPSA) is 69.7 Å². The standard InChI is InChI=1S/C18H25N3O3S/c1-25(23,24)21-9-2-3-13-11-14(4-7-17(13)21)18(22)20-10-8-15-5-6-16(12-20)19-15/h4,7,11,15-16,19H,2-3,5-6,8-10,12H2,1H3. The zero-order valence-corrected chi connectivity index (χ0v) is 15.4. The first kappa shape index (κ1) is 16.8. The Morgan fingerprint density at radius 2 is 1.96 bits per heavy atom. The summed E-state index contributed by atoms with van der Waals surface area (Å²) in [6, 6.07) is 6.43. The molecule has 3 heterocycles. The molecule has 0 aliphatic carbocycles. The van der Waals surface area contributed by atoms with Crippen LogP contribution in [-0.4, -0.2) is 57.2 Å². The lowest BCUT2D eigenvalue weighted by molar-refractivity contribution is 0.0748. The summed E-state index contributed by atoms with van der Waals surface area (Å²) in [5, 5.41) is 3.59. The van der Waals surface area contributed by atoms with Crippen molar-refractivity contribution >= 4 is 21.6 Å². The maximum absolute atomic E-state index is 13.0. The molecular formula is C18H25N3O3S. The van der Waals surface area contributed by atoms with Gasteiger partial charge in [-0.25, -0.2) is 8.42 Å². The van der Waals surface area contributed by atoms with Gasteiger partial charge in [0.05, 0.1) is 11.9 Å². The van der Waals surface area contributed by atoms with Crippen molar-refractivity contribution in [3.8, 4) is 0 Å². The molecule has 3 aliphatic heterocycles. The number of hydrogen-bond acceptors (Lipinski definition) is 4. The first-order valence-electron chi connectivity index (χ1n) is 9.08. The lowest BCUT2D eigenvalue weighted by atomic mass is 10.00. The second kappa shape index (κ2) is 6.29. The zero-order chi connectivity index (χ0) is 17.6. The highest BCUT2D eigenvalue weighted by atomic mass is 32.2. The maximum atomic E-state index is 13.0. The smallest absolute Gasteiger partial charge is 0.253 e. The van der Waals surface area contributed by atoms with Gasteiger partial charge >= 0.3 is 0 Å². The number of nitrogens with one attached hydrogen (secondary N) is 1. The van der Waals surface area contributed by atoms with E-state index in [-0.39, 0.29) is 5.91 Å². The largest absolute Gasteiger partial charge is 0.337 e. The van der Waals surface area contributed by atoms with Crippen LogP contribution in [0.5, 0.6) is 0 Å². The van der Waals surface area contributed by atoms with E-state index in [1.165, 1.54) is 17.0 Å². The minimum atomic E-state index is -3.27. The van der Waals surface area contributed by atoms with E-state index in [9.17, 15) is 13.2 Å². The van der Waals surface area contributed by atoms with Crippen LogP contribution in [0.2, 0.25) is 0 Å². The van der Waals surface area contributed by atoms with Gasteiger partial charge in [-0.2, -0.15) is 0 Å². The summed E-state index contributed by atoms with van der Waals surface area (Å²) in [6.07, 6.45) is 6.20. The monoisotopic (exact) mass is 363 g/mol. The number of carbonyl (C=O) groups excluding carboxylic acids is 1. The number of likely N-dealkylation sites (tertiary alicyclic amines) is 1. The van der Waals surface area contributed by atoms with Gasteiger partial charge in [0, 0.05) is 37.3 Å². The molecule has 1 N–H and O–H groups in total. The summed E-state index contributed by atoms with van der Waals surface area (Å²) in [6.45, 7) is 2.07. The molecule has 0 aromatic heterocycles. The molecule has 6 nitrogen and oxygen atoms in total. The molecule has 2 unspecified atom stereocenters. The van der Waals surface area contributed by atoms with Crippen LogP contribution in [0.15, 0.2) is 18.2 Å². The summed E-state index contributed by atoms with van der Waals surface area (Å²) < 4.78 is 25.4. The minimum absolute atomic E-state index is 0.0635. The number of rotatable bonds is 2. The predicted molar refractivity (Wildman–Crippen MR) is 97.4 cm³/mol. The highest BCUT2D eigenvalue weighted by Gasteiger charge is 2.32. The molecule has 4 rings (SSSR count). The van der Waals surface area contributed by atoms with Crippen LogP contribution < -0.4 is 9.62 Å². The van der Waals surface area contributed by atoms with Gasteiger partial charge in [0.25, 0.3) is 5.91 Å². The van der Waals surface area contributed by atoms with Crippen molar-refractivity contribution in [2.45, 2.75) is 44.2 Å². The van der Waals surface area contributed by atoms with Crippen molar-refractivity contribution in [1.82, 2.24) is 10.2 Å². The van der Waals surface area contributed by atoms with Gasteiger partial charge in [0.15, 0.2) is 0 Å². The van der Waals surface area contributed by atoms with Gasteiger partial charge in [0.2, 0.25) is 10.0 Å². The summed E-state index contributed by atoms with van der Waals surface area (Å²) in [4.78, 5) is 14.9. The Bertz CT molecular complexity index is 793. The predicted octanol–water partition coefficient (Wildman–Crippen LogP) is 1.37. The average molecular weight is 363 g/mol. The number of benzene rings is 1. The molecule has 0 spiro atoms. The van der Waals surface area contributed by atoms with Gasteiger partial charge in [-0.3, -0.25) is 9.10 Å². The number of nitrogens with zero attached hydrogens (tertiary/aromatic N) is 2.